The highest BCUT2D eigenvalue weighted by molar-refractivity contribution is 8.25. The number of carbonyl (C=O) groups is 2. The summed E-state index contributed by atoms with van der Waals surface area (Å²) in [5, 5.41) is 8.18. The predicted molar refractivity (Wildman–Crippen MR) is 53.3 cm³/mol. The van der Waals surface area contributed by atoms with E-state index in [9.17, 15) is 18.7 Å². The molecule has 84 valence electrons. The van der Waals surface area contributed by atoms with Gasteiger partial charge in [-0.2, -0.15) is 10.6 Å². The molecule has 2 rings (SSSR count). The lowest BCUT2D eigenvalue weighted by molar-refractivity contribution is -0.146. The van der Waals surface area contributed by atoms with Crippen LogP contribution in [0.4, 0.5) is 0 Å². The number of carboxylic acids is 1. The molecule has 6 nitrogen and oxygen atoms in total. The molecular formula is C8H11NO5S. The van der Waals surface area contributed by atoms with Gasteiger partial charge in [-0.05, 0) is 12.5 Å². The van der Waals surface area contributed by atoms with Gasteiger partial charge in [0.1, 0.15) is 11.1 Å². The number of hydrogen-bond donors (Lipinski definition) is 3. The molecule has 7 heteroatoms. The Balaban J connectivity index is 2.46. The van der Waals surface area contributed by atoms with Crippen LogP contribution in [0.15, 0.2) is 11.3 Å². The van der Waals surface area contributed by atoms with Gasteiger partial charge >= 0.3 is 5.97 Å². The van der Waals surface area contributed by atoms with E-state index in [2.05, 4.69) is 0 Å². The van der Waals surface area contributed by atoms with Crippen molar-refractivity contribution in [2.45, 2.75) is 18.7 Å². The second kappa shape index (κ2) is 2.97. The fourth-order valence-electron chi connectivity index (χ4n) is 1.93. The monoisotopic (exact) mass is 233 g/mol. The molecule has 1 saturated heterocycles. The Hall–Kier alpha value is -1.05. The van der Waals surface area contributed by atoms with Crippen molar-refractivity contribution in [1.82, 2.24) is 4.90 Å². The van der Waals surface area contributed by atoms with E-state index in [0.29, 0.717) is 5.57 Å². The van der Waals surface area contributed by atoms with Crippen LogP contribution in [0, 0.1) is 0 Å². The Kier molecular flexibility index (Phi) is 2.07. The smallest absolute Gasteiger partial charge is 0.352 e. The second-order valence-corrected chi connectivity index (χ2v) is 5.99. The summed E-state index contributed by atoms with van der Waals surface area (Å²) < 4.78 is 19.3. The highest BCUT2D eigenvalue weighted by atomic mass is 32.3. The minimum atomic E-state index is -2.89. The standard InChI is InChI=1S/C8H11NO5S/c1-4-3-15(13,14)6-2-5(10)9(6)7(4)8(11)12/h6,13-14H,2-3H2,1H3,(H,11,12). The summed E-state index contributed by atoms with van der Waals surface area (Å²) >= 11 is 0. The number of hydrogen-bond acceptors (Lipinski definition) is 4. The van der Waals surface area contributed by atoms with E-state index in [4.69, 9.17) is 5.11 Å². The first-order valence-corrected chi connectivity index (χ1v) is 6.12. The third-order valence-corrected chi connectivity index (χ3v) is 4.73. The normalized spacial score (nSPS) is 30.7. The predicted octanol–water partition coefficient (Wildman–Crippen LogP) is 0.668. The number of nitrogens with zero attached hydrogens (tertiary/aromatic N) is 1. The Bertz CT molecular complexity index is 388. The number of carbonyl (C=O) groups excluding carboxylic acids is 1. The zero-order valence-electron chi connectivity index (χ0n) is 8.01. The molecule has 0 aromatic carbocycles. The number of fused-ring (bicyclic) bond motifs is 1. The number of carboxylic acid groups (broad SMARTS) is 1. The van der Waals surface area contributed by atoms with Gasteiger partial charge in [0.2, 0.25) is 5.91 Å². The summed E-state index contributed by atoms with van der Waals surface area (Å²) in [6.45, 7) is 1.50. The summed E-state index contributed by atoms with van der Waals surface area (Å²) in [7, 11) is -2.89. The van der Waals surface area contributed by atoms with Crippen molar-refractivity contribution in [3.05, 3.63) is 11.3 Å². The van der Waals surface area contributed by atoms with E-state index >= 15 is 0 Å². The zero-order chi connectivity index (χ0) is 11.4. The Morgan fingerprint density at radius 3 is 2.60 bits per heavy atom. The van der Waals surface area contributed by atoms with Crippen LogP contribution < -0.4 is 0 Å². The summed E-state index contributed by atoms with van der Waals surface area (Å²) in [5.41, 5.74) is 0.245. The van der Waals surface area contributed by atoms with E-state index in [-0.39, 0.29) is 23.8 Å². The van der Waals surface area contributed by atoms with Crippen LogP contribution in [0.2, 0.25) is 0 Å². The molecule has 1 atom stereocenters. The van der Waals surface area contributed by atoms with E-state index in [1.807, 2.05) is 0 Å². The molecule has 2 aliphatic heterocycles. The average molecular weight is 233 g/mol. The van der Waals surface area contributed by atoms with Crippen LogP contribution in [0.5, 0.6) is 0 Å². The molecule has 1 unspecified atom stereocenters. The minimum Gasteiger partial charge on any atom is -0.477 e. The van der Waals surface area contributed by atoms with Crippen LogP contribution in [0.1, 0.15) is 13.3 Å². The van der Waals surface area contributed by atoms with Gasteiger partial charge in [0, 0.05) is 0 Å². The van der Waals surface area contributed by atoms with Crippen LogP contribution in [0.25, 0.3) is 0 Å². The molecule has 0 aliphatic carbocycles. The minimum absolute atomic E-state index is 0.0202. The van der Waals surface area contributed by atoms with E-state index in [0.717, 1.165) is 4.90 Å². The molecular weight excluding hydrogens is 222 g/mol. The zero-order valence-corrected chi connectivity index (χ0v) is 8.82. The van der Waals surface area contributed by atoms with Crippen LogP contribution in [-0.2, 0) is 9.59 Å². The van der Waals surface area contributed by atoms with Gasteiger partial charge in [-0.15, -0.1) is 0 Å². The SMILES string of the molecule is CC1=C(C(=O)O)N2C(=O)CC2S(O)(O)C1. The number of β-lactam (4-membered cyclic amide) rings is 1. The highest BCUT2D eigenvalue weighted by Gasteiger charge is 2.51. The summed E-state index contributed by atoms with van der Waals surface area (Å²) in [5.74, 6) is -1.61. The lowest BCUT2D eigenvalue weighted by Gasteiger charge is -2.54. The second-order valence-electron chi connectivity index (χ2n) is 3.72. The molecule has 2 heterocycles. The average Bonchev–Trinajstić information content (AvgIpc) is 2.06. The Morgan fingerprint density at radius 1 is 1.53 bits per heavy atom. The Labute approximate surface area is 87.5 Å². The fraction of sp³-hybridized carbons (Fsp3) is 0.500. The van der Waals surface area contributed by atoms with Crippen molar-refractivity contribution in [1.29, 1.82) is 0 Å². The molecule has 0 spiro atoms. The van der Waals surface area contributed by atoms with Crippen molar-refractivity contribution in [2.24, 2.45) is 0 Å². The van der Waals surface area contributed by atoms with Crippen molar-refractivity contribution >= 4 is 22.5 Å². The highest BCUT2D eigenvalue weighted by Crippen LogP contribution is 2.57. The lowest BCUT2D eigenvalue weighted by atomic mass is 10.1. The number of aliphatic carboxylic acids is 1. The molecule has 0 bridgehead atoms. The van der Waals surface area contributed by atoms with Crippen LogP contribution >= 0.6 is 10.6 Å². The van der Waals surface area contributed by atoms with E-state index in [1.54, 1.807) is 0 Å². The van der Waals surface area contributed by atoms with Gasteiger partial charge in [-0.3, -0.25) is 18.8 Å². The van der Waals surface area contributed by atoms with Crippen LogP contribution in [0.3, 0.4) is 0 Å². The van der Waals surface area contributed by atoms with Crippen molar-refractivity contribution in [2.75, 3.05) is 5.75 Å². The number of amides is 1. The van der Waals surface area contributed by atoms with Gasteiger partial charge in [0.05, 0.1) is 12.2 Å². The van der Waals surface area contributed by atoms with Crippen molar-refractivity contribution in [3.63, 3.8) is 0 Å². The molecule has 0 aromatic heterocycles. The van der Waals surface area contributed by atoms with Gasteiger partial charge in [0.15, 0.2) is 0 Å². The third kappa shape index (κ3) is 1.35. The number of rotatable bonds is 1. The van der Waals surface area contributed by atoms with E-state index < -0.39 is 21.9 Å². The molecule has 1 fully saturated rings. The van der Waals surface area contributed by atoms with Crippen molar-refractivity contribution in [3.8, 4) is 0 Å². The first-order chi connectivity index (χ1) is 6.84. The molecule has 0 saturated carbocycles. The molecule has 2 aliphatic rings. The molecule has 0 aromatic rings. The first kappa shape index (κ1) is 10.5. The van der Waals surface area contributed by atoms with Gasteiger partial charge in [-0.1, -0.05) is 0 Å². The van der Waals surface area contributed by atoms with E-state index in [1.165, 1.54) is 6.92 Å². The summed E-state index contributed by atoms with van der Waals surface area (Å²) in [4.78, 5) is 23.1. The Morgan fingerprint density at radius 2 is 2.13 bits per heavy atom. The maximum atomic E-state index is 11.2. The summed E-state index contributed by atoms with van der Waals surface area (Å²) in [6.07, 6.45) is 0.0202. The van der Waals surface area contributed by atoms with Gasteiger partial charge in [-0.25, -0.2) is 4.79 Å². The molecule has 15 heavy (non-hydrogen) atoms. The molecule has 3 N–H and O–H groups in total. The fourth-order valence-corrected chi connectivity index (χ4v) is 3.87. The third-order valence-electron chi connectivity index (χ3n) is 2.62. The van der Waals surface area contributed by atoms with Gasteiger partial charge < -0.3 is 5.11 Å². The maximum Gasteiger partial charge on any atom is 0.352 e. The molecule has 0 radical (unpaired) electrons. The quantitative estimate of drug-likeness (QED) is 0.578. The van der Waals surface area contributed by atoms with Gasteiger partial charge in [0.25, 0.3) is 0 Å². The first-order valence-electron chi connectivity index (χ1n) is 4.34. The molecule has 1 amide bonds. The largest absolute Gasteiger partial charge is 0.477 e. The van der Waals surface area contributed by atoms with Crippen LogP contribution in [-0.4, -0.2) is 42.1 Å². The summed E-state index contributed by atoms with van der Waals surface area (Å²) in [6, 6.07) is 0. The van der Waals surface area contributed by atoms with Crippen molar-refractivity contribution < 1.29 is 23.8 Å². The lowest BCUT2D eigenvalue weighted by Crippen LogP contribution is -2.58. The maximum absolute atomic E-state index is 11.2. The topological polar surface area (TPSA) is 98.1 Å².